The number of hydrogen-bond acceptors (Lipinski definition) is 7. The van der Waals surface area contributed by atoms with E-state index in [4.69, 9.17) is 4.74 Å². The zero-order valence-electron chi connectivity index (χ0n) is 14.1. The van der Waals surface area contributed by atoms with Gasteiger partial charge in [0.05, 0.1) is 23.7 Å². The minimum atomic E-state index is -0.365. The first-order valence-electron chi connectivity index (χ1n) is 7.86. The first-order chi connectivity index (χ1) is 12.5. The lowest BCUT2D eigenvalue weighted by Gasteiger charge is -2.09. The summed E-state index contributed by atoms with van der Waals surface area (Å²) in [7, 11) is 1.60. The van der Waals surface area contributed by atoms with Crippen LogP contribution in [-0.4, -0.2) is 32.2 Å². The van der Waals surface area contributed by atoms with Crippen molar-refractivity contribution in [2.24, 2.45) is 0 Å². The Morgan fingerprint density at radius 3 is 2.77 bits per heavy atom. The highest BCUT2D eigenvalue weighted by atomic mass is 16.5. The van der Waals surface area contributed by atoms with E-state index >= 15 is 0 Å². The number of phenolic OH excluding ortho intramolecular Hbond substituents is 1. The normalized spacial score (nSPS) is 11.0. The second-order valence-corrected chi connectivity index (χ2v) is 5.73. The molecular weight excluding hydrogens is 334 g/mol. The van der Waals surface area contributed by atoms with Crippen LogP contribution < -0.4 is 15.6 Å². The van der Waals surface area contributed by atoms with E-state index in [-0.39, 0.29) is 28.7 Å². The van der Waals surface area contributed by atoms with Crippen LogP contribution in [0.2, 0.25) is 0 Å². The molecule has 26 heavy (non-hydrogen) atoms. The summed E-state index contributed by atoms with van der Waals surface area (Å²) in [5.74, 6) is 1.09. The van der Waals surface area contributed by atoms with E-state index in [0.717, 1.165) is 22.3 Å². The van der Waals surface area contributed by atoms with Crippen molar-refractivity contribution in [1.29, 1.82) is 0 Å². The summed E-state index contributed by atoms with van der Waals surface area (Å²) >= 11 is 0. The SMILES string of the molecule is COc1ccc2nc(Nc3nc4c(O)cccc4c(=O)[nH]3)nc(C)c2c1. The number of benzene rings is 2. The van der Waals surface area contributed by atoms with E-state index in [2.05, 4.69) is 25.3 Å². The van der Waals surface area contributed by atoms with Crippen LogP contribution in [0.15, 0.2) is 41.2 Å². The molecule has 8 nitrogen and oxygen atoms in total. The number of aryl methyl sites for hydroxylation is 1. The van der Waals surface area contributed by atoms with Crippen molar-refractivity contribution in [3.63, 3.8) is 0 Å². The van der Waals surface area contributed by atoms with Crippen molar-refractivity contribution in [3.8, 4) is 11.5 Å². The molecule has 2 aromatic carbocycles. The lowest BCUT2D eigenvalue weighted by molar-refractivity contribution is 0.415. The molecule has 0 aliphatic rings. The number of aromatic nitrogens is 4. The molecule has 4 rings (SSSR count). The van der Waals surface area contributed by atoms with Crippen molar-refractivity contribution < 1.29 is 9.84 Å². The maximum absolute atomic E-state index is 12.2. The van der Waals surface area contributed by atoms with E-state index in [1.165, 1.54) is 6.07 Å². The third kappa shape index (κ3) is 2.67. The molecule has 0 fully saturated rings. The molecule has 8 heteroatoms. The molecule has 0 aliphatic heterocycles. The Morgan fingerprint density at radius 1 is 1.12 bits per heavy atom. The predicted octanol–water partition coefficient (Wildman–Crippen LogP) is 2.63. The third-order valence-corrected chi connectivity index (χ3v) is 4.04. The summed E-state index contributed by atoms with van der Waals surface area (Å²) < 4.78 is 5.22. The fourth-order valence-corrected chi connectivity index (χ4v) is 2.76. The summed E-state index contributed by atoms with van der Waals surface area (Å²) in [6, 6.07) is 10.2. The Hall–Kier alpha value is -3.68. The molecule has 0 amide bonds. The quantitative estimate of drug-likeness (QED) is 0.521. The topological polar surface area (TPSA) is 113 Å². The number of aromatic hydroxyl groups is 1. The molecule has 0 bridgehead atoms. The number of H-pyrrole nitrogens is 1. The number of anilines is 2. The number of ether oxygens (including phenoxy) is 1. The Kier molecular flexibility index (Phi) is 3.65. The monoisotopic (exact) mass is 349 g/mol. The number of aromatic amines is 1. The van der Waals surface area contributed by atoms with Gasteiger partial charge in [-0.15, -0.1) is 0 Å². The minimum Gasteiger partial charge on any atom is -0.506 e. The number of nitrogens with one attached hydrogen (secondary N) is 2. The zero-order valence-corrected chi connectivity index (χ0v) is 14.1. The van der Waals surface area contributed by atoms with Crippen molar-refractivity contribution in [1.82, 2.24) is 19.9 Å². The van der Waals surface area contributed by atoms with Gasteiger partial charge in [0.15, 0.2) is 0 Å². The highest BCUT2D eigenvalue weighted by Gasteiger charge is 2.10. The van der Waals surface area contributed by atoms with Crippen LogP contribution in [0, 0.1) is 6.92 Å². The molecule has 3 N–H and O–H groups in total. The van der Waals surface area contributed by atoms with Gasteiger partial charge >= 0.3 is 0 Å². The van der Waals surface area contributed by atoms with Gasteiger partial charge in [-0.3, -0.25) is 15.1 Å². The van der Waals surface area contributed by atoms with Gasteiger partial charge in [0, 0.05) is 5.39 Å². The van der Waals surface area contributed by atoms with Gasteiger partial charge in [0.1, 0.15) is 17.0 Å². The highest BCUT2D eigenvalue weighted by molar-refractivity contribution is 5.85. The maximum atomic E-state index is 12.2. The number of para-hydroxylation sites is 1. The van der Waals surface area contributed by atoms with Gasteiger partial charge in [0.25, 0.3) is 5.56 Å². The Balaban J connectivity index is 1.79. The fourth-order valence-electron chi connectivity index (χ4n) is 2.76. The molecule has 0 atom stereocenters. The highest BCUT2D eigenvalue weighted by Crippen LogP contribution is 2.24. The van der Waals surface area contributed by atoms with Crippen molar-refractivity contribution in [2.75, 3.05) is 12.4 Å². The van der Waals surface area contributed by atoms with E-state index in [0.29, 0.717) is 5.39 Å². The zero-order chi connectivity index (χ0) is 18.3. The molecule has 0 radical (unpaired) electrons. The van der Waals surface area contributed by atoms with Gasteiger partial charge in [-0.25, -0.2) is 15.0 Å². The van der Waals surface area contributed by atoms with Crippen LogP contribution in [0.5, 0.6) is 11.5 Å². The Bertz CT molecular complexity index is 1200. The predicted molar refractivity (Wildman–Crippen MR) is 98.1 cm³/mol. The molecule has 0 unspecified atom stereocenters. The van der Waals surface area contributed by atoms with Gasteiger partial charge in [0.2, 0.25) is 11.9 Å². The maximum Gasteiger partial charge on any atom is 0.260 e. The van der Waals surface area contributed by atoms with Crippen LogP contribution in [0.1, 0.15) is 5.69 Å². The Labute approximate surface area is 147 Å². The third-order valence-electron chi connectivity index (χ3n) is 4.04. The average Bonchev–Trinajstić information content (AvgIpc) is 2.62. The molecular formula is C18H15N5O3. The van der Waals surface area contributed by atoms with E-state index in [9.17, 15) is 9.90 Å². The number of methoxy groups -OCH3 is 1. The molecule has 2 aromatic heterocycles. The molecule has 0 saturated heterocycles. The number of rotatable bonds is 3. The summed E-state index contributed by atoms with van der Waals surface area (Å²) in [5, 5.41) is 14.0. The largest absolute Gasteiger partial charge is 0.506 e. The molecule has 130 valence electrons. The van der Waals surface area contributed by atoms with Gasteiger partial charge < -0.3 is 9.84 Å². The van der Waals surface area contributed by atoms with Gasteiger partial charge in [-0.1, -0.05) is 6.07 Å². The first-order valence-corrected chi connectivity index (χ1v) is 7.86. The van der Waals surface area contributed by atoms with Gasteiger partial charge in [-0.05, 0) is 37.3 Å². The minimum absolute atomic E-state index is 0.0700. The molecule has 0 aliphatic carbocycles. The number of fused-ring (bicyclic) bond motifs is 2. The van der Waals surface area contributed by atoms with E-state index in [1.54, 1.807) is 19.2 Å². The Morgan fingerprint density at radius 2 is 1.96 bits per heavy atom. The summed E-state index contributed by atoms with van der Waals surface area (Å²) in [5.41, 5.74) is 1.32. The molecule has 4 aromatic rings. The van der Waals surface area contributed by atoms with Crippen molar-refractivity contribution in [3.05, 3.63) is 52.4 Å². The standard InChI is InChI=1S/C18H15N5O3/c1-9-12-8-10(26-2)6-7-13(12)20-17(19-9)23-18-21-15-11(16(25)22-18)4-3-5-14(15)24/h3-8,24H,1-2H3,(H2,19,20,21,22,23,25). The molecule has 2 heterocycles. The summed E-state index contributed by atoms with van der Waals surface area (Å²) in [6.45, 7) is 1.86. The van der Waals surface area contributed by atoms with E-state index < -0.39 is 0 Å². The van der Waals surface area contributed by atoms with Gasteiger partial charge in [-0.2, -0.15) is 0 Å². The number of hydrogen-bond donors (Lipinski definition) is 3. The van der Waals surface area contributed by atoms with Crippen molar-refractivity contribution in [2.45, 2.75) is 6.92 Å². The molecule has 0 spiro atoms. The second-order valence-electron chi connectivity index (χ2n) is 5.73. The van der Waals surface area contributed by atoms with E-state index in [1.807, 2.05) is 25.1 Å². The van der Waals surface area contributed by atoms with Crippen molar-refractivity contribution >= 4 is 33.7 Å². The summed E-state index contributed by atoms with van der Waals surface area (Å²) in [4.78, 5) is 27.9. The smallest absolute Gasteiger partial charge is 0.260 e. The molecule has 0 saturated carbocycles. The lowest BCUT2D eigenvalue weighted by Crippen LogP contribution is -2.12. The first kappa shape index (κ1) is 15.8. The lowest BCUT2D eigenvalue weighted by atomic mass is 10.2. The van der Waals surface area contributed by atoms with Crippen LogP contribution >= 0.6 is 0 Å². The van der Waals surface area contributed by atoms with Crippen LogP contribution in [0.3, 0.4) is 0 Å². The fraction of sp³-hybridized carbons (Fsp3) is 0.111. The second kappa shape index (κ2) is 5.99. The van der Waals surface area contributed by atoms with Crippen LogP contribution in [0.25, 0.3) is 21.8 Å². The average molecular weight is 349 g/mol. The van der Waals surface area contributed by atoms with Crippen LogP contribution in [-0.2, 0) is 0 Å². The number of nitrogens with zero attached hydrogens (tertiary/aromatic N) is 3. The van der Waals surface area contributed by atoms with Crippen LogP contribution in [0.4, 0.5) is 11.9 Å². The number of phenols is 1. The summed E-state index contributed by atoms with van der Waals surface area (Å²) in [6.07, 6.45) is 0.